The number of nitrogens with zero attached hydrogens (tertiary/aromatic N) is 2. The molecule has 0 saturated carbocycles. The first-order valence-electron chi connectivity index (χ1n) is 8.82. The number of urea groups is 1. The molecule has 142 valence electrons. The topological polar surface area (TPSA) is 87.5 Å². The normalized spacial score (nSPS) is 15.3. The van der Waals surface area contributed by atoms with Gasteiger partial charge in [0.05, 0.1) is 11.0 Å². The highest BCUT2D eigenvalue weighted by molar-refractivity contribution is 6.31. The van der Waals surface area contributed by atoms with Crippen LogP contribution in [0.25, 0.3) is 0 Å². The number of nitrogens with one attached hydrogen (secondary N) is 2. The molecule has 1 heterocycles. The largest absolute Gasteiger partial charge is 0.336 e. The highest BCUT2D eigenvalue weighted by Gasteiger charge is 2.25. The molecule has 1 unspecified atom stereocenters. The maximum absolute atomic E-state index is 12.3. The summed E-state index contributed by atoms with van der Waals surface area (Å²) in [4.78, 5) is 25.0. The Hall–Kier alpha value is -2.64. The van der Waals surface area contributed by atoms with E-state index in [-0.39, 0.29) is 11.7 Å². The predicted octanol–water partition coefficient (Wildman–Crippen LogP) is 4.21. The lowest BCUT2D eigenvalue weighted by Gasteiger charge is -2.29. The van der Waals surface area contributed by atoms with E-state index in [2.05, 4.69) is 15.5 Å². The number of likely N-dealkylation sites (tertiary alicyclic amines) is 1. The van der Waals surface area contributed by atoms with E-state index in [1.807, 2.05) is 24.3 Å². The van der Waals surface area contributed by atoms with Crippen molar-refractivity contribution in [3.8, 4) is 0 Å². The maximum Gasteiger partial charge on any atom is 0.319 e. The molecule has 2 amide bonds. The van der Waals surface area contributed by atoms with E-state index in [4.69, 9.17) is 11.6 Å². The van der Waals surface area contributed by atoms with Crippen LogP contribution in [0.4, 0.5) is 16.2 Å². The number of hydrogen-bond acceptors (Lipinski definition) is 4. The molecule has 1 saturated heterocycles. The number of hydrogen-bond donors (Lipinski definition) is 2. The molecular weight excluding hydrogens is 368 g/mol. The van der Waals surface area contributed by atoms with Crippen molar-refractivity contribution < 1.29 is 9.72 Å². The van der Waals surface area contributed by atoms with Crippen molar-refractivity contribution in [1.82, 2.24) is 10.2 Å². The molecule has 0 spiro atoms. The molecule has 0 aromatic heterocycles. The summed E-state index contributed by atoms with van der Waals surface area (Å²) in [5.74, 6) is 0. The zero-order valence-electron chi connectivity index (χ0n) is 14.7. The number of amides is 2. The third-order valence-corrected chi connectivity index (χ3v) is 4.96. The summed E-state index contributed by atoms with van der Waals surface area (Å²) >= 11 is 6.37. The quantitative estimate of drug-likeness (QED) is 0.573. The number of anilines is 1. The van der Waals surface area contributed by atoms with Crippen LogP contribution >= 0.6 is 11.6 Å². The molecule has 1 aliphatic rings. The highest BCUT2D eigenvalue weighted by Crippen LogP contribution is 2.29. The van der Waals surface area contributed by atoms with Crippen LogP contribution in [-0.4, -0.2) is 35.5 Å². The Morgan fingerprint density at radius 3 is 2.63 bits per heavy atom. The summed E-state index contributed by atoms with van der Waals surface area (Å²) in [5, 5.41) is 17.0. The standard InChI is InChI=1S/C19H21ClN4O3/c20-17-9-2-1-8-16(17)18(23-10-3-4-11-23)13-21-19(25)22-14-6-5-7-15(12-14)24(26)27/h1-2,5-9,12,18H,3-4,10-11,13H2,(H2,21,22,25). The van der Waals surface area contributed by atoms with Crippen LogP contribution in [0.3, 0.4) is 0 Å². The van der Waals surface area contributed by atoms with Crippen LogP contribution < -0.4 is 10.6 Å². The molecule has 2 aromatic carbocycles. The monoisotopic (exact) mass is 388 g/mol. The van der Waals surface area contributed by atoms with Gasteiger partial charge in [0.15, 0.2) is 0 Å². The summed E-state index contributed by atoms with van der Waals surface area (Å²) in [6.45, 7) is 2.32. The summed E-state index contributed by atoms with van der Waals surface area (Å²) in [7, 11) is 0. The van der Waals surface area contributed by atoms with Crippen molar-refractivity contribution in [2.75, 3.05) is 25.0 Å². The van der Waals surface area contributed by atoms with Crippen molar-refractivity contribution in [2.24, 2.45) is 0 Å². The fourth-order valence-electron chi connectivity index (χ4n) is 3.30. The van der Waals surface area contributed by atoms with Gasteiger partial charge in [-0.25, -0.2) is 4.79 Å². The third kappa shape index (κ3) is 4.96. The first-order valence-corrected chi connectivity index (χ1v) is 9.20. The van der Waals surface area contributed by atoms with E-state index >= 15 is 0 Å². The molecule has 1 aliphatic heterocycles. The summed E-state index contributed by atoms with van der Waals surface area (Å²) in [6, 6.07) is 13.1. The molecule has 0 radical (unpaired) electrons. The van der Waals surface area contributed by atoms with Crippen LogP contribution in [0.15, 0.2) is 48.5 Å². The second-order valence-corrected chi connectivity index (χ2v) is 6.83. The molecule has 0 bridgehead atoms. The van der Waals surface area contributed by atoms with Crippen LogP contribution in [0, 0.1) is 10.1 Å². The van der Waals surface area contributed by atoms with E-state index in [1.165, 1.54) is 18.2 Å². The van der Waals surface area contributed by atoms with E-state index in [1.54, 1.807) is 6.07 Å². The first kappa shape index (κ1) is 19.1. The van der Waals surface area contributed by atoms with E-state index < -0.39 is 11.0 Å². The van der Waals surface area contributed by atoms with Crippen LogP contribution in [-0.2, 0) is 0 Å². The van der Waals surface area contributed by atoms with Gasteiger partial charge in [-0.3, -0.25) is 15.0 Å². The molecule has 0 aliphatic carbocycles. The van der Waals surface area contributed by atoms with Gasteiger partial charge in [-0.15, -0.1) is 0 Å². The molecule has 1 fully saturated rings. The molecule has 7 nitrogen and oxygen atoms in total. The molecule has 1 atom stereocenters. The summed E-state index contributed by atoms with van der Waals surface area (Å²) in [6.07, 6.45) is 2.25. The van der Waals surface area contributed by atoms with E-state index in [9.17, 15) is 14.9 Å². The zero-order chi connectivity index (χ0) is 19.2. The van der Waals surface area contributed by atoms with Crippen LogP contribution in [0.1, 0.15) is 24.4 Å². The van der Waals surface area contributed by atoms with Gasteiger partial charge in [0.25, 0.3) is 5.69 Å². The lowest BCUT2D eigenvalue weighted by Crippen LogP contribution is -2.38. The van der Waals surface area contributed by atoms with Gasteiger partial charge in [-0.05, 0) is 43.6 Å². The van der Waals surface area contributed by atoms with Gasteiger partial charge in [0.1, 0.15) is 0 Å². The van der Waals surface area contributed by atoms with Crippen molar-refractivity contribution in [2.45, 2.75) is 18.9 Å². The molecule has 3 rings (SSSR count). The number of carbonyl (C=O) groups excluding carboxylic acids is 1. The van der Waals surface area contributed by atoms with Gasteiger partial charge < -0.3 is 10.6 Å². The van der Waals surface area contributed by atoms with Crippen LogP contribution in [0.2, 0.25) is 5.02 Å². The minimum Gasteiger partial charge on any atom is -0.336 e. The van der Waals surface area contributed by atoms with Gasteiger partial charge in [-0.1, -0.05) is 35.9 Å². The Balaban J connectivity index is 1.66. The third-order valence-electron chi connectivity index (χ3n) is 4.62. The predicted molar refractivity (Wildman–Crippen MR) is 105 cm³/mol. The second kappa shape index (κ2) is 8.83. The van der Waals surface area contributed by atoms with Crippen molar-refractivity contribution in [3.63, 3.8) is 0 Å². The van der Waals surface area contributed by atoms with E-state index in [0.29, 0.717) is 17.3 Å². The van der Waals surface area contributed by atoms with Gasteiger partial charge in [0, 0.05) is 29.4 Å². The minimum atomic E-state index is -0.496. The Kier molecular flexibility index (Phi) is 6.26. The number of non-ortho nitro benzene ring substituents is 1. The average Bonchev–Trinajstić information content (AvgIpc) is 3.18. The lowest BCUT2D eigenvalue weighted by atomic mass is 10.1. The minimum absolute atomic E-state index is 0.0166. The van der Waals surface area contributed by atoms with Crippen LogP contribution in [0.5, 0.6) is 0 Å². The number of nitro benzene ring substituents is 1. The maximum atomic E-state index is 12.3. The summed E-state index contributed by atoms with van der Waals surface area (Å²) < 4.78 is 0. The number of nitro groups is 1. The molecule has 27 heavy (non-hydrogen) atoms. The van der Waals surface area contributed by atoms with Crippen molar-refractivity contribution in [1.29, 1.82) is 0 Å². The number of halogens is 1. The van der Waals surface area contributed by atoms with E-state index in [0.717, 1.165) is 31.5 Å². The molecule has 2 N–H and O–H groups in total. The molecule has 2 aromatic rings. The van der Waals surface area contributed by atoms with Gasteiger partial charge >= 0.3 is 6.03 Å². The Morgan fingerprint density at radius 2 is 1.93 bits per heavy atom. The Bertz CT molecular complexity index is 824. The van der Waals surface area contributed by atoms with Crippen molar-refractivity contribution >= 4 is 29.0 Å². The fourth-order valence-corrected chi connectivity index (χ4v) is 3.56. The zero-order valence-corrected chi connectivity index (χ0v) is 15.5. The SMILES string of the molecule is O=C(NCC(c1ccccc1Cl)N1CCCC1)Nc1cccc([N+](=O)[O-])c1. The lowest BCUT2D eigenvalue weighted by molar-refractivity contribution is -0.384. The number of benzene rings is 2. The Morgan fingerprint density at radius 1 is 1.19 bits per heavy atom. The van der Waals surface area contributed by atoms with Gasteiger partial charge in [-0.2, -0.15) is 0 Å². The second-order valence-electron chi connectivity index (χ2n) is 6.42. The molecular formula is C19H21ClN4O3. The fraction of sp³-hybridized carbons (Fsp3) is 0.316. The average molecular weight is 389 g/mol. The Labute approximate surface area is 162 Å². The number of rotatable bonds is 6. The number of carbonyl (C=O) groups is 1. The van der Waals surface area contributed by atoms with Gasteiger partial charge in [0.2, 0.25) is 0 Å². The van der Waals surface area contributed by atoms with Crippen molar-refractivity contribution in [3.05, 3.63) is 69.2 Å². The summed E-state index contributed by atoms with van der Waals surface area (Å²) in [5.41, 5.74) is 1.28. The first-order chi connectivity index (χ1) is 13.0. The smallest absolute Gasteiger partial charge is 0.319 e. The molecule has 8 heteroatoms. The highest BCUT2D eigenvalue weighted by atomic mass is 35.5.